The molecule has 2 aromatic carbocycles. The van der Waals surface area contributed by atoms with Gasteiger partial charge in [-0.25, -0.2) is 0 Å². The van der Waals surface area contributed by atoms with Crippen molar-refractivity contribution < 1.29 is 19.0 Å². The Kier molecular flexibility index (Phi) is 8.86. The minimum atomic E-state index is -2.94. The highest BCUT2D eigenvalue weighted by Gasteiger charge is 2.34. The lowest BCUT2D eigenvalue weighted by atomic mass is 9.99. The minimum Gasteiger partial charge on any atom is -0.390 e. The van der Waals surface area contributed by atoms with E-state index in [1.807, 2.05) is 50.2 Å². The minimum absolute atomic E-state index is 0.207. The summed E-state index contributed by atoms with van der Waals surface area (Å²) in [5.74, 6) is 0.0232. The number of fused-ring (bicyclic) bond motifs is 1. The fourth-order valence-electron chi connectivity index (χ4n) is 4.97. The molecular formula is C27H41N5O4S. The molecule has 2 aliphatic rings. The molecule has 0 radical (unpaired) electrons. The van der Waals surface area contributed by atoms with Crippen LogP contribution in [0, 0.1) is 0 Å². The molecule has 0 unspecified atom stereocenters. The van der Waals surface area contributed by atoms with Crippen LogP contribution in [0.4, 0.5) is 17.1 Å². The monoisotopic (exact) mass is 531 g/mol. The van der Waals surface area contributed by atoms with Gasteiger partial charge in [0, 0.05) is 44.3 Å². The van der Waals surface area contributed by atoms with Crippen molar-refractivity contribution in [2.45, 2.75) is 51.8 Å². The number of hydrogen-bond acceptors (Lipinski definition) is 8. The normalized spacial score (nSPS) is 19.2. The predicted octanol–water partition coefficient (Wildman–Crippen LogP) is 3.51. The number of carbonyl (C=O) groups excluding carboxylic acids is 1. The molecule has 2 aromatic rings. The van der Waals surface area contributed by atoms with Gasteiger partial charge in [0.15, 0.2) is 0 Å². The number of amides is 1. The second-order valence-electron chi connectivity index (χ2n) is 10.1. The van der Waals surface area contributed by atoms with Crippen LogP contribution in [0.25, 0.3) is 0 Å². The third-order valence-corrected chi connectivity index (χ3v) is 8.90. The number of hydrogen-bond donors (Lipinski definition) is 6. The van der Waals surface area contributed by atoms with E-state index in [1.165, 1.54) is 0 Å². The first-order valence-corrected chi connectivity index (χ1v) is 14.8. The van der Waals surface area contributed by atoms with E-state index in [0.29, 0.717) is 42.9 Å². The fraction of sp³-hybridized carbons (Fsp3) is 0.519. The van der Waals surface area contributed by atoms with Crippen LogP contribution in [0.2, 0.25) is 0 Å². The summed E-state index contributed by atoms with van der Waals surface area (Å²) in [5.41, 5.74) is 3.79. The molecule has 10 heteroatoms. The molecule has 1 amide bonds. The molecule has 1 saturated heterocycles. The van der Waals surface area contributed by atoms with Crippen molar-refractivity contribution in [2.75, 3.05) is 53.0 Å². The summed E-state index contributed by atoms with van der Waals surface area (Å²) < 4.78 is 23.1. The van der Waals surface area contributed by atoms with Crippen molar-refractivity contribution >= 4 is 33.7 Å². The molecule has 2 aliphatic heterocycles. The molecular weight excluding hydrogens is 490 g/mol. The summed E-state index contributed by atoms with van der Waals surface area (Å²) in [5, 5.41) is 20.8. The number of aliphatic hydroxyl groups is 1. The summed E-state index contributed by atoms with van der Waals surface area (Å²) >= 11 is 0. The van der Waals surface area contributed by atoms with Crippen molar-refractivity contribution in [1.82, 2.24) is 10.6 Å². The van der Waals surface area contributed by atoms with Crippen LogP contribution >= 0.6 is 10.8 Å². The zero-order valence-electron chi connectivity index (χ0n) is 22.0. The van der Waals surface area contributed by atoms with E-state index in [-0.39, 0.29) is 11.9 Å². The average molecular weight is 532 g/mol. The zero-order valence-corrected chi connectivity index (χ0v) is 22.8. The van der Waals surface area contributed by atoms with E-state index in [4.69, 9.17) is 0 Å². The molecule has 204 valence electrons. The van der Waals surface area contributed by atoms with Crippen LogP contribution in [-0.2, 0) is 6.42 Å². The molecule has 9 nitrogen and oxygen atoms in total. The Morgan fingerprint density at radius 2 is 1.86 bits per heavy atom. The van der Waals surface area contributed by atoms with E-state index < -0.39 is 22.9 Å². The molecule has 1 fully saturated rings. The largest absolute Gasteiger partial charge is 0.390 e. The Bertz CT molecular complexity index is 1070. The van der Waals surface area contributed by atoms with Crippen molar-refractivity contribution in [2.24, 2.45) is 0 Å². The summed E-state index contributed by atoms with van der Waals surface area (Å²) in [6.45, 7) is 9.27. The lowest BCUT2D eigenvalue weighted by Gasteiger charge is -2.41. The second-order valence-corrected chi connectivity index (χ2v) is 12.2. The van der Waals surface area contributed by atoms with Gasteiger partial charge in [0.05, 0.1) is 35.0 Å². The standard InChI is InChI=1S/C27H41N5O4S/c1-4-31-13-11-28-26-23(31)16-21(17-24(26)32-12-8-14-37(32,35)36)27(34)30-22(25(33)18-29-19(2)3)15-20-9-6-5-7-10-20/h5-7,9-10,16-17,19,22,25,28-29,33,35-36H,4,8,11-15,18H2,1-3H3,(H,30,34)/t22-,25-/m0/s1. The van der Waals surface area contributed by atoms with E-state index in [0.717, 1.165) is 36.6 Å². The number of nitrogens with zero attached hydrogens (tertiary/aromatic N) is 2. The molecule has 0 saturated carbocycles. The number of anilines is 3. The first-order chi connectivity index (χ1) is 17.7. The van der Waals surface area contributed by atoms with Crippen LogP contribution in [0.15, 0.2) is 42.5 Å². The quantitative estimate of drug-likeness (QED) is 0.276. The zero-order chi connectivity index (χ0) is 26.6. The highest BCUT2D eigenvalue weighted by atomic mass is 32.3. The van der Waals surface area contributed by atoms with Crippen LogP contribution in [0.5, 0.6) is 0 Å². The second kappa shape index (κ2) is 11.9. The van der Waals surface area contributed by atoms with Gasteiger partial charge in [-0.05, 0) is 37.5 Å². The van der Waals surface area contributed by atoms with Gasteiger partial charge in [-0.2, -0.15) is 0 Å². The smallest absolute Gasteiger partial charge is 0.251 e. The number of likely N-dealkylation sites (N-methyl/N-ethyl adjacent to an activating group) is 1. The Labute approximate surface area is 221 Å². The SMILES string of the molecule is CCN1CCNc2c1cc(C(=O)N[C@@H](Cc1ccccc1)[C@@H](O)CNC(C)C)cc2N1CCCS1(O)O. The maximum atomic E-state index is 13.7. The van der Waals surface area contributed by atoms with E-state index in [1.54, 1.807) is 10.4 Å². The first-order valence-electron chi connectivity index (χ1n) is 13.2. The lowest BCUT2D eigenvalue weighted by Crippen LogP contribution is -2.49. The summed E-state index contributed by atoms with van der Waals surface area (Å²) in [6, 6.07) is 13.1. The topological polar surface area (TPSA) is 120 Å². The van der Waals surface area contributed by atoms with Crippen LogP contribution in [0.1, 0.15) is 43.1 Å². The van der Waals surface area contributed by atoms with Crippen molar-refractivity contribution in [3.8, 4) is 0 Å². The Morgan fingerprint density at radius 1 is 1.14 bits per heavy atom. The number of benzene rings is 2. The van der Waals surface area contributed by atoms with Crippen molar-refractivity contribution in [3.63, 3.8) is 0 Å². The average Bonchev–Trinajstić information content (AvgIpc) is 3.24. The Morgan fingerprint density at radius 3 is 2.51 bits per heavy atom. The van der Waals surface area contributed by atoms with Gasteiger partial charge in [0.25, 0.3) is 5.91 Å². The third kappa shape index (κ3) is 6.50. The molecule has 0 bridgehead atoms. The van der Waals surface area contributed by atoms with Gasteiger partial charge in [-0.15, -0.1) is 10.8 Å². The highest BCUT2D eigenvalue weighted by Crippen LogP contribution is 2.54. The van der Waals surface area contributed by atoms with Crippen molar-refractivity contribution in [1.29, 1.82) is 0 Å². The number of aliphatic hydroxyl groups excluding tert-OH is 1. The van der Waals surface area contributed by atoms with Gasteiger partial charge >= 0.3 is 0 Å². The molecule has 37 heavy (non-hydrogen) atoms. The lowest BCUT2D eigenvalue weighted by molar-refractivity contribution is 0.0827. The number of carbonyl (C=O) groups is 1. The molecule has 2 heterocycles. The molecule has 4 rings (SSSR count). The summed E-state index contributed by atoms with van der Waals surface area (Å²) in [6.07, 6.45) is 0.378. The van der Waals surface area contributed by atoms with E-state index in [2.05, 4.69) is 27.8 Å². The first kappa shape index (κ1) is 27.5. The number of rotatable bonds is 10. The van der Waals surface area contributed by atoms with Gasteiger partial charge in [-0.1, -0.05) is 44.2 Å². The van der Waals surface area contributed by atoms with Crippen LogP contribution < -0.4 is 25.2 Å². The number of nitrogens with one attached hydrogen (secondary N) is 3. The van der Waals surface area contributed by atoms with Gasteiger partial charge in [0.2, 0.25) is 0 Å². The Balaban J connectivity index is 1.66. The van der Waals surface area contributed by atoms with Crippen molar-refractivity contribution in [3.05, 3.63) is 53.6 Å². The molecule has 6 N–H and O–H groups in total. The molecule has 0 spiro atoms. The third-order valence-electron chi connectivity index (χ3n) is 6.98. The maximum Gasteiger partial charge on any atom is 0.251 e. The fourth-order valence-corrected chi connectivity index (χ4v) is 6.59. The van der Waals surface area contributed by atoms with Gasteiger partial charge in [-0.3, -0.25) is 18.2 Å². The van der Waals surface area contributed by atoms with Gasteiger partial charge in [0.1, 0.15) is 0 Å². The van der Waals surface area contributed by atoms with Gasteiger partial charge < -0.3 is 26.0 Å². The molecule has 0 aliphatic carbocycles. The highest BCUT2D eigenvalue weighted by molar-refractivity contribution is 8.25. The van der Waals surface area contributed by atoms with Crippen LogP contribution in [-0.4, -0.2) is 76.8 Å². The Hall–Kier alpha value is -2.50. The molecule has 0 aromatic heterocycles. The summed E-state index contributed by atoms with van der Waals surface area (Å²) in [7, 11) is -2.94. The molecule has 2 atom stereocenters. The summed E-state index contributed by atoms with van der Waals surface area (Å²) in [4.78, 5) is 15.9. The van der Waals surface area contributed by atoms with E-state index in [9.17, 15) is 19.0 Å². The predicted molar refractivity (Wildman–Crippen MR) is 153 cm³/mol. The van der Waals surface area contributed by atoms with Crippen LogP contribution in [0.3, 0.4) is 0 Å². The van der Waals surface area contributed by atoms with E-state index >= 15 is 0 Å². The maximum absolute atomic E-state index is 13.7.